The van der Waals surface area contributed by atoms with Crippen molar-refractivity contribution in [3.8, 4) is 5.75 Å². The number of carbonyl (C=O) groups excluding carboxylic acids is 2. The van der Waals surface area contributed by atoms with Crippen LogP contribution in [0.2, 0.25) is 0 Å². The molecule has 1 aromatic carbocycles. The highest BCUT2D eigenvalue weighted by atomic mass is 19.3. The highest BCUT2D eigenvalue weighted by Gasteiger charge is 2.17. The maximum absolute atomic E-state index is 12.1. The van der Waals surface area contributed by atoms with Crippen LogP contribution in [0, 0.1) is 0 Å². The first-order valence-corrected chi connectivity index (χ1v) is 4.66. The molecule has 3 nitrogen and oxygen atoms in total. The standard InChI is InChI=1S/C11H10F2O3/c1-2-9(15)8-5-3-4-7(6-14)10(8)16-11(12)13/h3-6,11H,2H2,1H3. The normalized spacial score (nSPS) is 10.2. The summed E-state index contributed by atoms with van der Waals surface area (Å²) in [6, 6.07) is 4.12. The molecule has 0 aliphatic heterocycles. The predicted octanol–water partition coefficient (Wildman–Crippen LogP) is 2.69. The molecule has 0 atom stereocenters. The van der Waals surface area contributed by atoms with Gasteiger partial charge in [-0.2, -0.15) is 8.78 Å². The molecule has 86 valence electrons. The minimum Gasteiger partial charge on any atom is -0.433 e. The molecule has 0 amide bonds. The Bertz CT molecular complexity index is 402. The molecular formula is C11H10F2O3. The molecule has 1 aromatic rings. The fraction of sp³-hybridized carbons (Fsp3) is 0.273. The van der Waals surface area contributed by atoms with E-state index in [9.17, 15) is 18.4 Å². The van der Waals surface area contributed by atoms with E-state index in [1.165, 1.54) is 18.2 Å². The Labute approximate surface area is 91.0 Å². The number of halogens is 2. The van der Waals surface area contributed by atoms with E-state index < -0.39 is 6.61 Å². The van der Waals surface area contributed by atoms with E-state index in [-0.39, 0.29) is 29.1 Å². The number of aldehydes is 1. The Morgan fingerprint density at radius 3 is 2.69 bits per heavy atom. The number of Topliss-reactive ketones (excluding diaryl/α,β-unsaturated/α-hetero) is 1. The van der Waals surface area contributed by atoms with E-state index in [1.54, 1.807) is 6.92 Å². The first-order chi connectivity index (χ1) is 7.60. The van der Waals surface area contributed by atoms with Crippen molar-refractivity contribution in [1.29, 1.82) is 0 Å². The van der Waals surface area contributed by atoms with Gasteiger partial charge < -0.3 is 4.74 Å². The molecule has 0 aliphatic carbocycles. The Balaban J connectivity index is 3.25. The number of rotatable bonds is 5. The summed E-state index contributed by atoms with van der Waals surface area (Å²) >= 11 is 0. The fourth-order valence-corrected chi connectivity index (χ4v) is 1.28. The van der Waals surface area contributed by atoms with Crippen molar-refractivity contribution >= 4 is 12.1 Å². The van der Waals surface area contributed by atoms with E-state index in [2.05, 4.69) is 4.74 Å². The summed E-state index contributed by atoms with van der Waals surface area (Å²) in [7, 11) is 0. The van der Waals surface area contributed by atoms with Gasteiger partial charge in [0.2, 0.25) is 0 Å². The third kappa shape index (κ3) is 2.62. The molecule has 0 radical (unpaired) electrons. The summed E-state index contributed by atoms with van der Waals surface area (Å²) in [5.41, 5.74) is -0.0491. The highest BCUT2D eigenvalue weighted by molar-refractivity contribution is 6.01. The fourth-order valence-electron chi connectivity index (χ4n) is 1.28. The van der Waals surface area contributed by atoms with E-state index >= 15 is 0 Å². The Morgan fingerprint density at radius 1 is 1.50 bits per heavy atom. The highest BCUT2D eigenvalue weighted by Crippen LogP contribution is 2.25. The maximum Gasteiger partial charge on any atom is 0.387 e. The van der Waals surface area contributed by atoms with Gasteiger partial charge in [-0.15, -0.1) is 0 Å². The number of ether oxygens (including phenoxy) is 1. The largest absolute Gasteiger partial charge is 0.433 e. The van der Waals surface area contributed by atoms with Gasteiger partial charge in [0.15, 0.2) is 12.1 Å². The molecule has 1 rings (SSSR count). The van der Waals surface area contributed by atoms with Crippen LogP contribution >= 0.6 is 0 Å². The summed E-state index contributed by atoms with van der Waals surface area (Å²) in [5.74, 6) is -0.696. The van der Waals surface area contributed by atoms with Gasteiger partial charge >= 0.3 is 6.61 Å². The lowest BCUT2D eigenvalue weighted by atomic mass is 10.0. The molecule has 0 spiro atoms. The molecule has 0 aromatic heterocycles. The first kappa shape index (κ1) is 12.3. The van der Waals surface area contributed by atoms with Crippen LogP contribution in [0.3, 0.4) is 0 Å². The van der Waals surface area contributed by atoms with Crippen molar-refractivity contribution in [2.75, 3.05) is 0 Å². The molecule has 0 fully saturated rings. The van der Waals surface area contributed by atoms with Gasteiger partial charge in [-0.1, -0.05) is 13.0 Å². The second-order valence-electron chi connectivity index (χ2n) is 3.00. The van der Waals surface area contributed by atoms with Crippen LogP contribution < -0.4 is 4.74 Å². The monoisotopic (exact) mass is 228 g/mol. The Morgan fingerprint density at radius 2 is 2.19 bits per heavy atom. The summed E-state index contributed by atoms with van der Waals surface area (Å²) in [5, 5.41) is 0. The second kappa shape index (κ2) is 5.34. The molecule has 0 unspecified atom stereocenters. The lowest BCUT2D eigenvalue weighted by Gasteiger charge is -2.11. The van der Waals surface area contributed by atoms with Gasteiger partial charge in [-0.05, 0) is 12.1 Å². The minimum absolute atomic E-state index is 0.00685. The molecule has 0 saturated carbocycles. The average Bonchev–Trinajstić information content (AvgIpc) is 2.27. The number of carbonyl (C=O) groups is 2. The van der Waals surface area contributed by atoms with Crippen LogP contribution in [0.5, 0.6) is 5.75 Å². The number of alkyl halides is 2. The molecule has 0 N–H and O–H groups in total. The minimum atomic E-state index is -3.07. The van der Waals surface area contributed by atoms with Crippen LogP contribution in [0.25, 0.3) is 0 Å². The number of benzene rings is 1. The van der Waals surface area contributed by atoms with E-state index in [0.29, 0.717) is 6.29 Å². The van der Waals surface area contributed by atoms with Crippen molar-refractivity contribution in [2.24, 2.45) is 0 Å². The number of hydrogen-bond donors (Lipinski definition) is 0. The van der Waals surface area contributed by atoms with Crippen molar-refractivity contribution in [1.82, 2.24) is 0 Å². The van der Waals surface area contributed by atoms with Gasteiger partial charge in [-0.25, -0.2) is 0 Å². The first-order valence-electron chi connectivity index (χ1n) is 4.66. The molecule has 16 heavy (non-hydrogen) atoms. The number of ketones is 1. The zero-order valence-corrected chi connectivity index (χ0v) is 8.57. The van der Waals surface area contributed by atoms with Crippen molar-refractivity contribution in [3.63, 3.8) is 0 Å². The molecule has 5 heteroatoms. The Kier molecular flexibility index (Phi) is 4.10. The lowest BCUT2D eigenvalue weighted by molar-refractivity contribution is -0.0503. The third-order valence-corrected chi connectivity index (χ3v) is 2.00. The smallest absolute Gasteiger partial charge is 0.387 e. The zero-order valence-electron chi connectivity index (χ0n) is 8.57. The quantitative estimate of drug-likeness (QED) is 0.574. The number of para-hydroxylation sites is 1. The summed E-state index contributed by atoms with van der Waals surface area (Å²) in [4.78, 5) is 22.1. The summed E-state index contributed by atoms with van der Waals surface area (Å²) in [6.45, 7) is -1.47. The van der Waals surface area contributed by atoms with E-state index in [0.717, 1.165) is 0 Å². The van der Waals surface area contributed by atoms with Crippen LogP contribution in [0.15, 0.2) is 18.2 Å². The van der Waals surface area contributed by atoms with E-state index in [4.69, 9.17) is 0 Å². The SMILES string of the molecule is CCC(=O)c1cccc(C=O)c1OC(F)F. The molecule has 0 bridgehead atoms. The van der Waals surface area contributed by atoms with Crippen molar-refractivity contribution in [2.45, 2.75) is 20.0 Å². The molecule has 0 saturated heterocycles. The van der Waals surface area contributed by atoms with Crippen LogP contribution in [-0.2, 0) is 0 Å². The third-order valence-electron chi connectivity index (χ3n) is 2.00. The predicted molar refractivity (Wildman–Crippen MR) is 53.1 cm³/mol. The van der Waals surface area contributed by atoms with Crippen molar-refractivity contribution in [3.05, 3.63) is 29.3 Å². The molecule has 0 heterocycles. The van der Waals surface area contributed by atoms with Crippen LogP contribution in [-0.4, -0.2) is 18.7 Å². The maximum atomic E-state index is 12.1. The lowest BCUT2D eigenvalue weighted by Crippen LogP contribution is -2.09. The average molecular weight is 228 g/mol. The second-order valence-corrected chi connectivity index (χ2v) is 3.00. The molecule has 0 aliphatic rings. The van der Waals surface area contributed by atoms with Gasteiger partial charge in [0, 0.05) is 6.42 Å². The Hall–Kier alpha value is -1.78. The van der Waals surface area contributed by atoms with Crippen LogP contribution in [0.4, 0.5) is 8.78 Å². The van der Waals surface area contributed by atoms with Gasteiger partial charge in [-0.3, -0.25) is 9.59 Å². The number of hydrogen-bond acceptors (Lipinski definition) is 3. The van der Waals surface area contributed by atoms with Gasteiger partial charge in [0.1, 0.15) is 5.75 Å². The topological polar surface area (TPSA) is 43.4 Å². The van der Waals surface area contributed by atoms with Gasteiger partial charge in [0.25, 0.3) is 0 Å². The van der Waals surface area contributed by atoms with Crippen molar-refractivity contribution < 1.29 is 23.1 Å². The van der Waals surface area contributed by atoms with Gasteiger partial charge in [0.05, 0.1) is 11.1 Å². The van der Waals surface area contributed by atoms with Crippen LogP contribution in [0.1, 0.15) is 34.1 Å². The summed E-state index contributed by atoms with van der Waals surface area (Å²) < 4.78 is 28.5. The van der Waals surface area contributed by atoms with E-state index in [1.807, 2.05) is 0 Å². The molecular weight excluding hydrogens is 218 g/mol. The zero-order chi connectivity index (χ0) is 12.1. The summed E-state index contributed by atoms with van der Waals surface area (Å²) in [6.07, 6.45) is 0.534.